The van der Waals surface area contributed by atoms with Gasteiger partial charge in [-0.3, -0.25) is 4.79 Å². The van der Waals surface area contributed by atoms with Crippen molar-refractivity contribution in [3.8, 4) is 0 Å². The molecule has 6 nitrogen and oxygen atoms in total. The Morgan fingerprint density at radius 2 is 2.05 bits per heavy atom. The van der Waals surface area contributed by atoms with Crippen LogP contribution in [0.2, 0.25) is 0 Å². The third-order valence-electron chi connectivity index (χ3n) is 3.97. The highest BCUT2D eigenvalue weighted by Gasteiger charge is 2.44. The van der Waals surface area contributed by atoms with Crippen LogP contribution in [0.5, 0.6) is 0 Å². The Morgan fingerprint density at radius 1 is 1.43 bits per heavy atom. The van der Waals surface area contributed by atoms with Gasteiger partial charge in [0.1, 0.15) is 5.82 Å². The van der Waals surface area contributed by atoms with Crippen molar-refractivity contribution in [2.75, 3.05) is 18.8 Å². The molecule has 1 saturated heterocycles. The number of primary amides is 1. The molecule has 1 aliphatic heterocycles. The van der Waals surface area contributed by atoms with Gasteiger partial charge in [0.25, 0.3) is 0 Å². The van der Waals surface area contributed by atoms with Crippen LogP contribution in [0, 0.1) is 18.2 Å². The molecule has 0 bridgehead atoms. The zero-order valence-corrected chi connectivity index (χ0v) is 12.7. The average Bonchev–Trinajstić information content (AvgIpc) is 2.78. The number of sulfonamides is 1. The van der Waals surface area contributed by atoms with E-state index < -0.39 is 27.2 Å². The van der Waals surface area contributed by atoms with Gasteiger partial charge in [-0.05, 0) is 32.4 Å². The van der Waals surface area contributed by atoms with E-state index in [1.807, 2.05) is 0 Å². The molecular formula is C13H18FN3O3S. The standard InChI is InChI=1S/C13H18FN3O3S/c1-8-10(14)5-9(15)6-11(8)21(19,20)17-4-3-13(2,7-17)12(16)18/h5-6H,3-4,7,15H2,1-2H3,(H2,16,18). The summed E-state index contributed by atoms with van der Waals surface area (Å²) in [5.41, 5.74) is 9.99. The Hall–Kier alpha value is -1.67. The lowest BCUT2D eigenvalue weighted by Crippen LogP contribution is -2.38. The molecule has 21 heavy (non-hydrogen) atoms. The van der Waals surface area contributed by atoms with Gasteiger partial charge in [-0.15, -0.1) is 0 Å². The second kappa shape index (κ2) is 4.96. The molecule has 0 aliphatic carbocycles. The van der Waals surface area contributed by atoms with Crippen molar-refractivity contribution in [1.29, 1.82) is 0 Å². The van der Waals surface area contributed by atoms with Gasteiger partial charge in [0.2, 0.25) is 15.9 Å². The minimum absolute atomic E-state index is 0.0110. The first-order valence-electron chi connectivity index (χ1n) is 6.43. The number of carbonyl (C=O) groups is 1. The summed E-state index contributed by atoms with van der Waals surface area (Å²) in [7, 11) is -3.91. The Balaban J connectivity index is 2.43. The van der Waals surface area contributed by atoms with E-state index in [4.69, 9.17) is 11.5 Å². The molecule has 1 atom stereocenters. The second-order valence-electron chi connectivity index (χ2n) is 5.64. The van der Waals surface area contributed by atoms with Crippen molar-refractivity contribution in [2.45, 2.75) is 25.2 Å². The van der Waals surface area contributed by atoms with Gasteiger partial charge in [-0.1, -0.05) is 0 Å². The molecule has 1 unspecified atom stereocenters. The molecule has 0 saturated carbocycles. The van der Waals surface area contributed by atoms with Crippen molar-refractivity contribution in [3.63, 3.8) is 0 Å². The van der Waals surface area contributed by atoms with Crippen LogP contribution in [-0.4, -0.2) is 31.7 Å². The number of hydrogen-bond acceptors (Lipinski definition) is 4. The van der Waals surface area contributed by atoms with Crippen LogP contribution in [0.15, 0.2) is 17.0 Å². The fourth-order valence-electron chi connectivity index (χ4n) is 2.41. The molecule has 0 spiro atoms. The molecule has 1 aromatic carbocycles. The van der Waals surface area contributed by atoms with Gasteiger partial charge in [0.15, 0.2) is 0 Å². The SMILES string of the molecule is Cc1c(F)cc(N)cc1S(=O)(=O)N1CCC(C)(C(N)=O)C1. The van der Waals surface area contributed by atoms with Crippen molar-refractivity contribution >= 4 is 21.6 Å². The number of halogens is 1. The Kier molecular flexibility index (Phi) is 3.71. The van der Waals surface area contributed by atoms with E-state index in [1.165, 1.54) is 13.0 Å². The normalized spacial score (nSPS) is 23.4. The fourth-order valence-corrected chi connectivity index (χ4v) is 4.24. The zero-order valence-electron chi connectivity index (χ0n) is 11.9. The van der Waals surface area contributed by atoms with Crippen LogP contribution < -0.4 is 11.5 Å². The first kappa shape index (κ1) is 15.7. The van der Waals surface area contributed by atoms with E-state index in [9.17, 15) is 17.6 Å². The summed E-state index contributed by atoms with van der Waals surface area (Å²) >= 11 is 0. The molecule has 0 aromatic heterocycles. The van der Waals surface area contributed by atoms with Gasteiger partial charge in [0.05, 0.1) is 10.3 Å². The van der Waals surface area contributed by atoms with Crippen molar-refractivity contribution in [2.24, 2.45) is 11.1 Å². The first-order valence-corrected chi connectivity index (χ1v) is 7.87. The van der Waals surface area contributed by atoms with Crippen LogP contribution in [0.3, 0.4) is 0 Å². The number of hydrogen-bond donors (Lipinski definition) is 2. The highest BCUT2D eigenvalue weighted by molar-refractivity contribution is 7.89. The number of nitrogens with two attached hydrogens (primary N) is 2. The highest BCUT2D eigenvalue weighted by atomic mass is 32.2. The van der Waals surface area contributed by atoms with Crippen LogP contribution >= 0.6 is 0 Å². The Bertz CT molecular complexity index is 705. The van der Waals surface area contributed by atoms with Crippen LogP contribution in [0.4, 0.5) is 10.1 Å². The summed E-state index contributed by atoms with van der Waals surface area (Å²) in [5, 5.41) is 0. The quantitative estimate of drug-likeness (QED) is 0.797. The summed E-state index contributed by atoms with van der Waals surface area (Å²) in [6.45, 7) is 3.15. The maximum absolute atomic E-state index is 13.7. The van der Waals surface area contributed by atoms with Crippen LogP contribution in [0.25, 0.3) is 0 Å². The smallest absolute Gasteiger partial charge is 0.243 e. The van der Waals surface area contributed by atoms with Gasteiger partial charge >= 0.3 is 0 Å². The molecule has 2 rings (SSSR count). The number of carbonyl (C=O) groups excluding carboxylic acids is 1. The summed E-state index contributed by atoms with van der Waals surface area (Å²) in [5.74, 6) is -1.22. The minimum atomic E-state index is -3.91. The topological polar surface area (TPSA) is 106 Å². The highest BCUT2D eigenvalue weighted by Crippen LogP contribution is 2.34. The van der Waals surface area contributed by atoms with E-state index in [-0.39, 0.29) is 29.2 Å². The lowest BCUT2D eigenvalue weighted by atomic mass is 9.89. The van der Waals surface area contributed by atoms with Gasteiger partial charge < -0.3 is 11.5 Å². The molecule has 116 valence electrons. The van der Waals surface area contributed by atoms with Gasteiger partial charge in [0, 0.05) is 24.3 Å². The predicted octanol–water partition coefficient (Wildman–Crippen LogP) is 0.602. The summed E-state index contributed by atoms with van der Waals surface area (Å²) < 4.78 is 40.1. The maximum Gasteiger partial charge on any atom is 0.243 e. The molecular weight excluding hydrogens is 297 g/mol. The molecule has 1 heterocycles. The van der Waals surface area contributed by atoms with Crippen molar-refractivity contribution < 1.29 is 17.6 Å². The van der Waals surface area contributed by atoms with Crippen LogP contribution in [-0.2, 0) is 14.8 Å². The summed E-state index contributed by atoms with van der Waals surface area (Å²) in [4.78, 5) is 11.3. The van der Waals surface area contributed by atoms with E-state index in [0.717, 1.165) is 10.4 Å². The molecule has 8 heteroatoms. The third-order valence-corrected chi connectivity index (χ3v) is 5.94. The van der Waals surface area contributed by atoms with Crippen molar-refractivity contribution in [1.82, 2.24) is 4.31 Å². The first-order chi connectivity index (χ1) is 9.58. The number of amides is 1. The molecule has 1 aliphatic rings. The molecule has 1 amide bonds. The average molecular weight is 315 g/mol. The van der Waals surface area contributed by atoms with Crippen molar-refractivity contribution in [3.05, 3.63) is 23.5 Å². The molecule has 1 fully saturated rings. The van der Waals surface area contributed by atoms with Crippen LogP contribution in [0.1, 0.15) is 18.9 Å². The third kappa shape index (κ3) is 2.60. The minimum Gasteiger partial charge on any atom is -0.399 e. The number of anilines is 1. The summed E-state index contributed by atoms with van der Waals surface area (Å²) in [6.07, 6.45) is 0.339. The Morgan fingerprint density at radius 3 is 2.57 bits per heavy atom. The lowest BCUT2D eigenvalue weighted by molar-refractivity contribution is -0.126. The van der Waals surface area contributed by atoms with E-state index >= 15 is 0 Å². The molecule has 0 radical (unpaired) electrons. The predicted molar refractivity (Wildman–Crippen MR) is 76.2 cm³/mol. The Labute approximate surface area is 123 Å². The maximum atomic E-state index is 13.7. The number of nitrogen functional groups attached to an aromatic ring is 1. The second-order valence-corrected chi connectivity index (χ2v) is 7.55. The number of benzene rings is 1. The van der Waals surface area contributed by atoms with E-state index in [0.29, 0.717) is 6.42 Å². The molecule has 4 N–H and O–H groups in total. The number of nitrogens with zero attached hydrogens (tertiary/aromatic N) is 1. The zero-order chi connectivity index (χ0) is 16.0. The van der Waals surface area contributed by atoms with E-state index in [1.54, 1.807) is 6.92 Å². The summed E-state index contributed by atoms with van der Waals surface area (Å²) in [6, 6.07) is 2.31. The fraction of sp³-hybridized carbons (Fsp3) is 0.462. The lowest BCUT2D eigenvalue weighted by Gasteiger charge is -2.21. The van der Waals surface area contributed by atoms with Gasteiger partial charge in [-0.25, -0.2) is 12.8 Å². The largest absolute Gasteiger partial charge is 0.399 e. The van der Waals surface area contributed by atoms with E-state index in [2.05, 4.69) is 0 Å². The molecule has 1 aromatic rings. The number of rotatable bonds is 3. The monoisotopic (exact) mass is 315 g/mol. The van der Waals surface area contributed by atoms with Gasteiger partial charge in [-0.2, -0.15) is 4.31 Å².